The van der Waals surface area contributed by atoms with Gasteiger partial charge in [-0.1, -0.05) is 335 Å². The van der Waals surface area contributed by atoms with Crippen molar-refractivity contribution in [2.75, 3.05) is 19.8 Å². The summed E-state index contributed by atoms with van der Waals surface area (Å²) in [5, 5.41) is 13.9. The molecule has 70 heavy (non-hydrogen) atoms. The number of rotatable bonds is 61. The van der Waals surface area contributed by atoms with Crippen molar-refractivity contribution < 1.29 is 28.4 Å². The van der Waals surface area contributed by atoms with E-state index in [1.807, 2.05) is 0 Å². The Hall–Kier alpha value is -0.500. The van der Waals surface area contributed by atoms with Crippen LogP contribution in [-0.2, 0) is 18.4 Å². The molecular weight excluding hydrogens is 888 g/mol. The molecule has 0 bridgehead atoms. The third-order valence-corrected chi connectivity index (χ3v) is 15.9. The minimum absolute atomic E-state index is 0.0929. The fourth-order valence-electron chi connectivity index (χ4n) is 10.2. The van der Waals surface area contributed by atoms with Crippen LogP contribution in [0, 0.1) is 0 Å². The van der Waals surface area contributed by atoms with Crippen LogP contribution in [0.5, 0.6) is 0 Å². The average Bonchev–Trinajstić information content (AvgIpc) is 3.35. The third-order valence-electron chi connectivity index (χ3n) is 15.0. The largest absolute Gasteiger partial charge is 0.472 e. The first kappa shape index (κ1) is 69.5. The SMILES string of the molecule is CCCCCCCCCCCCCCCCCCCCCCCCCCCCCCCCCCCCCCC(=O)N[C@@H](COP(=O)(O)OCCN)[C@H](O)CCCCCCCCCCCCCCCCC. The summed E-state index contributed by atoms with van der Waals surface area (Å²) < 4.78 is 22.3. The first-order valence-electron chi connectivity index (χ1n) is 31.7. The summed E-state index contributed by atoms with van der Waals surface area (Å²) >= 11 is 0. The number of aliphatic hydroxyl groups is 1. The van der Waals surface area contributed by atoms with Gasteiger partial charge in [0.2, 0.25) is 5.91 Å². The van der Waals surface area contributed by atoms with E-state index in [0.29, 0.717) is 12.8 Å². The van der Waals surface area contributed by atoms with E-state index < -0.39 is 20.0 Å². The summed E-state index contributed by atoms with van der Waals surface area (Å²) in [5.41, 5.74) is 5.41. The molecule has 9 heteroatoms. The van der Waals surface area contributed by atoms with Crippen LogP contribution >= 0.6 is 7.82 Å². The lowest BCUT2D eigenvalue weighted by Gasteiger charge is -2.25. The molecule has 1 amide bonds. The first-order valence-corrected chi connectivity index (χ1v) is 33.1. The fraction of sp³-hybridized carbons (Fsp3) is 0.984. The van der Waals surface area contributed by atoms with Gasteiger partial charge in [-0.05, 0) is 12.8 Å². The van der Waals surface area contributed by atoms with Crippen molar-refractivity contribution >= 4 is 13.7 Å². The summed E-state index contributed by atoms with van der Waals surface area (Å²) in [6.45, 7) is 4.27. The number of hydrogen-bond donors (Lipinski definition) is 4. The van der Waals surface area contributed by atoms with E-state index in [4.69, 9.17) is 14.8 Å². The molecule has 0 rings (SSSR count). The van der Waals surface area contributed by atoms with Crippen LogP contribution in [0.4, 0.5) is 0 Å². The van der Waals surface area contributed by atoms with Crippen molar-refractivity contribution in [1.29, 1.82) is 0 Å². The predicted molar refractivity (Wildman–Crippen MR) is 305 cm³/mol. The molecule has 0 saturated carbocycles. The molecule has 0 aromatic carbocycles. The lowest BCUT2D eigenvalue weighted by atomic mass is 10.0. The van der Waals surface area contributed by atoms with Gasteiger partial charge in [-0.2, -0.15) is 0 Å². The standard InChI is InChI=1S/C61H125N2O6P/c1-3-5-7-9-11-13-15-17-19-20-21-22-23-24-25-26-27-28-29-30-31-32-33-34-35-36-37-38-39-41-43-45-47-49-51-53-55-61(65)63-59(58-69-70(66,67)68-57-56-62)60(64)54-52-50-48-46-44-42-40-18-16-14-12-10-8-6-4-2/h59-60,64H,3-58,62H2,1-2H3,(H,63,65)(H,66,67)/t59-,60+/m0/s1. The summed E-state index contributed by atoms with van der Waals surface area (Å²) in [7, 11) is -4.32. The topological polar surface area (TPSA) is 131 Å². The normalized spacial score (nSPS) is 13.5. The maximum atomic E-state index is 12.9. The van der Waals surface area contributed by atoms with E-state index in [9.17, 15) is 19.4 Å². The van der Waals surface area contributed by atoms with Crippen molar-refractivity contribution in [3.63, 3.8) is 0 Å². The second-order valence-electron chi connectivity index (χ2n) is 22.0. The van der Waals surface area contributed by atoms with E-state index in [1.54, 1.807) is 0 Å². The molecule has 0 radical (unpaired) electrons. The maximum absolute atomic E-state index is 12.9. The highest BCUT2D eigenvalue weighted by molar-refractivity contribution is 7.47. The number of nitrogens with two attached hydrogens (primary N) is 1. The van der Waals surface area contributed by atoms with Gasteiger partial charge in [0.25, 0.3) is 0 Å². The molecule has 0 spiro atoms. The molecule has 0 fully saturated rings. The van der Waals surface area contributed by atoms with Crippen LogP contribution in [-0.4, -0.2) is 47.8 Å². The number of phosphoric acid groups is 1. The Balaban J connectivity index is 3.73. The highest BCUT2D eigenvalue weighted by atomic mass is 31.2. The molecule has 0 aromatic heterocycles. The van der Waals surface area contributed by atoms with Crippen molar-refractivity contribution in [2.45, 2.75) is 366 Å². The zero-order valence-electron chi connectivity index (χ0n) is 47.3. The van der Waals surface area contributed by atoms with Crippen molar-refractivity contribution in [3.05, 3.63) is 0 Å². The molecule has 0 aliphatic carbocycles. The first-order chi connectivity index (χ1) is 34.4. The second-order valence-corrected chi connectivity index (χ2v) is 23.4. The van der Waals surface area contributed by atoms with E-state index in [0.717, 1.165) is 38.5 Å². The van der Waals surface area contributed by atoms with E-state index in [1.165, 1.54) is 289 Å². The monoisotopic (exact) mass is 1010 g/mol. The molecule has 0 saturated heterocycles. The number of hydrogen-bond acceptors (Lipinski definition) is 6. The molecular formula is C61H125N2O6P. The average molecular weight is 1010 g/mol. The number of nitrogens with one attached hydrogen (secondary N) is 1. The van der Waals surface area contributed by atoms with Crippen LogP contribution < -0.4 is 11.1 Å². The lowest BCUT2D eigenvalue weighted by Crippen LogP contribution is -2.46. The highest BCUT2D eigenvalue weighted by Gasteiger charge is 2.27. The van der Waals surface area contributed by atoms with Crippen LogP contribution in [0.25, 0.3) is 0 Å². The number of amides is 1. The molecule has 8 nitrogen and oxygen atoms in total. The van der Waals surface area contributed by atoms with Gasteiger partial charge >= 0.3 is 7.82 Å². The van der Waals surface area contributed by atoms with Gasteiger partial charge in [-0.3, -0.25) is 13.8 Å². The number of carbonyl (C=O) groups excluding carboxylic acids is 1. The summed E-state index contributed by atoms with van der Waals surface area (Å²) in [6, 6.07) is -0.769. The van der Waals surface area contributed by atoms with Gasteiger partial charge in [0.1, 0.15) is 0 Å². The number of unbranched alkanes of at least 4 members (excludes halogenated alkanes) is 49. The second kappa shape index (κ2) is 57.8. The Morgan fingerprint density at radius 3 is 0.914 bits per heavy atom. The highest BCUT2D eigenvalue weighted by Crippen LogP contribution is 2.43. The Labute approximate surface area is 437 Å². The van der Waals surface area contributed by atoms with Gasteiger partial charge in [-0.25, -0.2) is 4.57 Å². The molecule has 1 unspecified atom stereocenters. The summed E-state index contributed by atoms with van der Waals surface area (Å²) in [6.07, 6.45) is 69.0. The van der Waals surface area contributed by atoms with Crippen molar-refractivity contribution in [3.8, 4) is 0 Å². The number of aliphatic hydroxyl groups excluding tert-OH is 1. The maximum Gasteiger partial charge on any atom is 0.472 e. The van der Waals surface area contributed by atoms with Crippen LogP contribution in [0.3, 0.4) is 0 Å². The van der Waals surface area contributed by atoms with Gasteiger partial charge in [-0.15, -0.1) is 0 Å². The summed E-state index contributed by atoms with van der Waals surface area (Å²) in [4.78, 5) is 22.9. The van der Waals surface area contributed by atoms with Crippen molar-refractivity contribution in [1.82, 2.24) is 5.32 Å². The molecule has 0 aliphatic rings. The molecule has 0 aromatic rings. The molecule has 3 atom stereocenters. The molecule has 0 heterocycles. The predicted octanol–water partition coefficient (Wildman–Crippen LogP) is 19.6. The molecule has 0 aliphatic heterocycles. The smallest absolute Gasteiger partial charge is 0.391 e. The van der Waals surface area contributed by atoms with Gasteiger partial charge in [0, 0.05) is 13.0 Å². The van der Waals surface area contributed by atoms with Crippen LogP contribution in [0.1, 0.15) is 354 Å². The van der Waals surface area contributed by atoms with E-state index in [2.05, 4.69) is 19.2 Å². The summed E-state index contributed by atoms with van der Waals surface area (Å²) in [5.74, 6) is -0.152. The van der Waals surface area contributed by atoms with Gasteiger partial charge in [0.15, 0.2) is 0 Å². The van der Waals surface area contributed by atoms with Gasteiger partial charge in [0.05, 0.1) is 25.4 Å². The van der Waals surface area contributed by atoms with Crippen molar-refractivity contribution in [2.24, 2.45) is 5.73 Å². The molecule has 5 N–H and O–H groups in total. The quantitative estimate of drug-likeness (QED) is 0.0352. The fourth-order valence-corrected chi connectivity index (χ4v) is 11.0. The zero-order valence-corrected chi connectivity index (χ0v) is 48.2. The lowest BCUT2D eigenvalue weighted by molar-refractivity contribution is -0.123. The zero-order chi connectivity index (χ0) is 51.0. The third kappa shape index (κ3) is 55.3. The Morgan fingerprint density at radius 1 is 0.414 bits per heavy atom. The van der Waals surface area contributed by atoms with E-state index >= 15 is 0 Å². The van der Waals surface area contributed by atoms with E-state index in [-0.39, 0.29) is 25.7 Å². The minimum Gasteiger partial charge on any atom is -0.391 e. The minimum atomic E-state index is -4.32. The van der Waals surface area contributed by atoms with Crippen LogP contribution in [0.2, 0.25) is 0 Å². The van der Waals surface area contributed by atoms with Crippen LogP contribution in [0.15, 0.2) is 0 Å². The Bertz CT molecular complexity index is 1070. The Kier molecular flexibility index (Phi) is 57.4. The Morgan fingerprint density at radius 2 is 0.657 bits per heavy atom. The number of carbonyl (C=O) groups is 1. The number of phosphoric ester groups is 1. The molecule has 420 valence electrons. The van der Waals surface area contributed by atoms with Gasteiger partial charge < -0.3 is 21.1 Å².